The Balaban J connectivity index is 2.12. The van der Waals surface area contributed by atoms with E-state index in [0.29, 0.717) is 11.0 Å². The summed E-state index contributed by atoms with van der Waals surface area (Å²) in [7, 11) is 2.82. The van der Waals surface area contributed by atoms with Crippen molar-refractivity contribution in [1.29, 1.82) is 0 Å². The highest BCUT2D eigenvalue weighted by Gasteiger charge is 2.26. The first kappa shape index (κ1) is 15.6. The number of ketones is 1. The molecule has 0 fully saturated rings. The molecular formula is C18H15NO5. The SMILES string of the molecule is COc1c(C(=O)C=Cc2ccncc2)c(O)c(OC)c2occc12. The number of phenolic OH excluding ortho intramolecular Hbond substituents is 1. The van der Waals surface area contributed by atoms with Crippen LogP contribution in [-0.4, -0.2) is 30.1 Å². The monoisotopic (exact) mass is 325 g/mol. The standard InChI is InChI=1S/C18H15NO5/c1-22-16-12-7-10-24-17(12)18(23-2)15(21)14(16)13(20)4-3-11-5-8-19-9-6-11/h3-10,21H,1-2H3. The summed E-state index contributed by atoms with van der Waals surface area (Å²) in [6.45, 7) is 0. The first-order valence-electron chi connectivity index (χ1n) is 7.14. The van der Waals surface area contributed by atoms with Crippen LogP contribution in [-0.2, 0) is 0 Å². The summed E-state index contributed by atoms with van der Waals surface area (Å²) >= 11 is 0. The zero-order chi connectivity index (χ0) is 17.1. The Bertz CT molecular complexity index is 912. The molecule has 0 aliphatic rings. The Morgan fingerprint density at radius 3 is 2.54 bits per heavy atom. The van der Waals surface area contributed by atoms with E-state index in [1.54, 1.807) is 36.7 Å². The molecule has 6 heteroatoms. The molecule has 1 aromatic carbocycles. The molecule has 6 nitrogen and oxygen atoms in total. The smallest absolute Gasteiger partial charge is 0.205 e. The minimum absolute atomic E-state index is 0.0218. The average molecular weight is 325 g/mol. The van der Waals surface area contributed by atoms with Crippen LogP contribution in [0.4, 0.5) is 0 Å². The predicted molar refractivity (Wildman–Crippen MR) is 88.6 cm³/mol. The number of carbonyl (C=O) groups excluding carboxylic acids is 1. The van der Waals surface area contributed by atoms with E-state index >= 15 is 0 Å². The molecular weight excluding hydrogens is 310 g/mol. The zero-order valence-corrected chi connectivity index (χ0v) is 13.1. The van der Waals surface area contributed by atoms with Crippen molar-refractivity contribution < 1.29 is 23.8 Å². The van der Waals surface area contributed by atoms with Crippen molar-refractivity contribution in [3.63, 3.8) is 0 Å². The van der Waals surface area contributed by atoms with E-state index in [1.807, 2.05) is 0 Å². The molecule has 2 heterocycles. The van der Waals surface area contributed by atoms with Gasteiger partial charge in [0.1, 0.15) is 11.3 Å². The highest BCUT2D eigenvalue weighted by molar-refractivity contribution is 6.15. The van der Waals surface area contributed by atoms with Gasteiger partial charge in [-0.3, -0.25) is 9.78 Å². The van der Waals surface area contributed by atoms with Crippen molar-refractivity contribution in [2.45, 2.75) is 0 Å². The van der Waals surface area contributed by atoms with Gasteiger partial charge in [-0.25, -0.2) is 0 Å². The molecule has 0 spiro atoms. The summed E-state index contributed by atoms with van der Waals surface area (Å²) in [5.74, 6) is -0.401. The van der Waals surface area contributed by atoms with Gasteiger partial charge in [-0.2, -0.15) is 0 Å². The second-order valence-electron chi connectivity index (χ2n) is 4.93. The number of nitrogens with zero attached hydrogens (tertiary/aromatic N) is 1. The maximum atomic E-state index is 12.6. The number of hydrogen-bond donors (Lipinski definition) is 1. The van der Waals surface area contributed by atoms with Gasteiger partial charge < -0.3 is 19.0 Å². The fourth-order valence-corrected chi connectivity index (χ4v) is 2.49. The number of aromatic nitrogens is 1. The predicted octanol–water partition coefficient (Wildman–Crippen LogP) is 3.45. The Morgan fingerprint density at radius 1 is 1.17 bits per heavy atom. The van der Waals surface area contributed by atoms with Crippen LogP contribution in [0.15, 0.2) is 47.3 Å². The second kappa shape index (κ2) is 6.45. The lowest BCUT2D eigenvalue weighted by atomic mass is 10.0. The van der Waals surface area contributed by atoms with Gasteiger partial charge in [0.25, 0.3) is 0 Å². The molecule has 0 aliphatic heterocycles. The zero-order valence-electron chi connectivity index (χ0n) is 13.1. The molecule has 0 radical (unpaired) electrons. The van der Waals surface area contributed by atoms with Crippen LogP contribution in [0.3, 0.4) is 0 Å². The summed E-state index contributed by atoms with van der Waals surface area (Å²) in [6.07, 6.45) is 7.69. The third-order valence-electron chi connectivity index (χ3n) is 3.58. The van der Waals surface area contributed by atoms with Crippen LogP contribution < -0.4 is 9.47 Å². The highest BCUT2D eigenvalue weighted by Crippen LogP contribution is 2.45. The van der Waals surface area contributed by atoms with Gasteiger partial charge in [-0.05, 0) is 29.8 Å². The number of ether oxygens (including phenoxy) is 2. The van der Waals surface area contributed by atoms with E-state index in [4.69, 9.17) is 13.9 Å². The van der Waals surface area contributed by atoms with Gasteiger partial charge >= 0.3 is 0 Å². The lowest BCUT2D eigenvalue weighted by Crippen LogP contribution is -2.02. The quantitative estimate of drug-likeness (QED) is 0.571. The maximum absolute atomic E-state index is 12.6. The lowest BCUT2D eigenvalue weighted by Gasteiger charge is -2.12. The molecule has 0 saturated heterocycles. The van der Waals surface area contributed by atoms with Crippen LogP contribution in [0, 0.1) is 0 Å². The van der Waals surface area contributed by atoms with Crippen molar-refractivity contribution in [1.82, 2.24) is 4.98 Å². The van der Waals surface area contributed by atoms with E-state index in [1.165, 1.54) is 26.6 Å². The molecule has 3 aromatic rings. The third kappa shape index (κ3) is 2.58. The van der Waals surface area contributed by atoms with Crippen molar-refractivity contribution in [3.8, 4) is 17.2 Å². The van der Waals surface area contributed by atoms with Crippen molar-refractivity contribution in [2.75, 3.05) is 14.2 Å². The fraction of sp³-hybridized carbons (Fsp3) is 0.111. The number of phenols is 1. The van der Waals surface area contributed by atoms with Crippen molar-refractivity contribution in [3.05, 3.63) is 54.1 Å². The van der Waals surface area contributed by atoms with Gasteiger partial charge in [0, 0.05) is 12.4 Å². The van der Waals surface area contributed by atoms with E-state index in [0.717, 1.165) is 5.56 Å². The Kier molecular flexibility index (Phi) is 4.20. The first-order valence-corrected chi connectivity index (χ1v) is 7.14. The van der Waals surface area contributed by atoms with Gasteiger partial charge in [-0.15, -0.1) is 0 Å². The number of allylic oxidation sites excluding steroid dienone is 1. The minimum atomic E-state index is -0.414. The summed E-state index contributed by atoms with van der Waals surface area (Å²) in [6, 6.07) is 5.18. The topological polar surface area (TPSA) is 81.8 Å². The third-order valence-corrected chi connectivity index (χ3v) is 3.58. The van der Waals surface area contributed by atoms with Gasteiger partial charge in [0.15, 0.2) is 17.1 Å². The lowest BCUT2D eigenvalue weighted by molar-refractivity contribution is 0.104. The van der Waals surface area contributed by atoms with E-state index < -0.39 is 5.78 Å². The summed E-state index contributed by atoms with van der Waals surface area (Å²) < 4.78 is 15.8. The van der Waals surface area contributed by atoms with Crippen molar-refractivity contribution >= 4 is 22.8 Å². The Morgan fingerprint density at radius 2 is 1.88 bits per heavy atom. The highest BCUT2D eigenvalue weighted by atomic mass is 16.5. The number of methoxy groups -OCH3 is 2. The molecule has 0 aliphatic carbocycles. The van der Waals surface area contributed by atoms with E-state index in [-0.39, 0.29) is 22.8 Å². The van der Waals surface area contributed by atoms with Crippen LogP contribution in [0.2, 0.25) is 0 Å². The molecule has 0 saturated carbocycles. The molecule has 0 unspecified atom stereocenters. The number of fused-ring (bicyclic) bond motifs is 1. The fourth-order valence-electron chi connectivity index (χ4n) is 2.49. The Hall–Kier alpha value is -3.28. The molecule has 0 bridgehead atoms. The van der Waals surface area contributed by atoms with Crippen LogP contribution >= 0.6 is 0 Å². The second-order valence-corrected chi connectivity index (χ2v) is 4.93. The average Bonchev–Trinajstić information content (AvgIpc) is 3.08. The number of rotatable bonds is 5. The van der Waals surface area contributed by atoms with Crippen LogP contribution in [0.1, 0.15) is 15.9 Å². The molecule has 1 N–H and O–H groups in total. The minimum Gasteiger partial charge on any atom is -0.504 e. The number of benzene rings is 1. The first-order chi connectivity index (χ1) is 11.7. The number of aromatic hydroxyl groups is 1. The molecule has 2 aromatic heterocycles. The molecule has 3 rings (SSSR count). The largest absolute Gasteiger partial charge is 0.504 e. The number of pyridine rings is 1. The van der Waals surface area contributed by atoms with Gasteiger partial charge in [0.2, 0.25) is 5.75 Å². The van der Waals surface area contributed by atoms with E-state index in [9.17, 15) is 9.90 Å². The van der Waals surface area contributed by atoms with Gasteiger partial charge in [-0.1, -0.05) is 6.08 Å². The molecule has 122 valence electrons. The molecule has 0 amide bonds. The van der Waals surface area contributed by atoms with E-state index in [2.05, 4.69) is 4.98 Å². The molecule has 0 atom stereocenters. The number of furan rings is 1. The Labute approximate surface area is 138 Å². The maximum Gasteiger partial charge on any atom is 0.205 e. The van der Waals surface area contributed by atoms with Crippen LogP contribution in [0.5, 0.6) is 17.2 Å². The summed E-state index contributed by atoms with van der Waals surface area (Å²) in [5.41, 5.74) is 1.16. The van der Waals surface area contributed by atoms with Crippen LogP contribution in [0.25, 0.3) is 17.0 Å². The summed E-state index contributed by atoms with van der Waals surface area (Å²) in [5, 5.41) is 11.0. The van der Waals surface area contributed by atoms with Gasteiger partial charge in [0.05, 0.1) is 25.9 Å². The number of carbonyl (C=O) groups is 1. The normalized spacial score (nSPS) is 11.1. The van der Waals surface area contributed by atoms with Crippen molar-refractivity contribution in [2.24, 2.45) is 0 Å². The molecule has 24 heavy (non-hydrogen) atoms. The number of hydrogen-bond acceptors (Lipinski definition) is 6. The summed E-state index contributed by atoms with van der Waals surface area (Å²) in [4.78, 5) is 16.5.